The molecule has 2 rings (SSSR count). The van der Waals surface area contributed by atoms with Crippen LogP contribution in [0.2, 0.25) is 0 Å². The fraction of sp³-hybridized carbons (Fsp3) is 0.611. The lowest BCUT2D eigenvalue weighted by molar-refractivity contribution is 0.0636. The number of ether oxygens (including phenoxy) is 1. The Labute approximate surface area is 143 Å². The fourth-order valence-corrected chi connectivity index (χ4v) is 3.18. The maximum Gasteiger partial charge on any atom is 0.412 e. The zero-order chi connectivity index (χ0) is 17.9. The molecule has 0 saturated carbocycles. The molecule has 6 heteroatoms. The Morgan fingerprint density at radius 2 is 2.00 bits per heavy atom. The van der Waals surface area contributed by atoms with Gasteiger partial charge in [0.05, 0.1) is 29.6 Å². The van der Waals surface area contributed by atoms with Gasteiger partial charge in [0.1, 0.15) is 5.60 Å². The molecule has 24 heavy (non-hydrogen) atoms. The van der Waals surface area contributed by atoms with E-state index in [1.54, 1.807) is 12.4 Å². The summed E-state index contributed by atoms with van der Waals surface area (Å²) in [5, 5.41) is 12.1. The summed E-state index contributed by atoms with van der Waals surface area (Å²) in [6.07, 6.45) is 2.84. The van der Waals surface area contributed by atoms with Crippen molar-refractivity contribution in [3.8, 4) is 6.07 Å². The summed E-state index contributed by atoms with van der Waals surface area (Å²) in [6.45, 7) is 11.2. The molecule has 1 unspecified atom stereocenters. The second-order valence-electron chi connectivity index (χ2n) is 7.53. The molecule has 0 bridgehead atoms. The molecule has 1 aliphatic heterocycles. The zero-order valence-corrected chi connectivity index (χ0v) is 15.0. The summed E-state index contributed by atoms with van der Waals surface area (Å²) in [5.74, 6) is 0.591. The van der Waals surface area contributed by atoms with Crippen LogP contribution in [0.5, 0.6) is 0 Å². The largest absolute Gasteiger partial charge is 0.444 e. The van der Waals surface area contributed by atoms with Crippen LogP contribution in [0, 0.1) is 29.1 Å². The monoisotopic (exact) mass is 330 g/mol. The van der Waals surface area contributed by atoms with Gasteiger partial charge in [-0.15, -0.1) is 0 Å². The molecule has 0 radical (unpaired) electrons. The fourth-order valence-electron chi connectivity index (χ4n) is 3.18. The number of nitrogens with zero attached hydrogens (tertiary/aromatic N) is 3. The predicted octanol–water partition coefficient (Wildman–Crippen LogP) is 3.66. The Bertz CT molecular complexity index is 621. The topological polar surface area (TPSA) is 78.2 Å². The Balaban J connectivity index is 2.17. The van der Waals surface area contributed by atoms with Gasteiger partial charge in [-0.3, -0.25) is 10.3 Å². The van der Waals surface area contributed by atoms with Gasteiger partial charge in [0.15, 0.2) is 0 Å². The van der Waals surface area contributed by atoms with E-state index in [0.717, 1.165) is 18.8 Å². The van der Waals surface area contributed by atoms with Crippen LogP contribution in [0.4, 0.5) is 16.2 Å². The number of hydrogen-bond donors (Lipinski definition) is 1. The molecule has 3 atom stereocenters. The number of piperidine rings is 1. The number of amides is 1. The lowest BCUT2D eigenvalue weighted by Crippen LogP contribution is -2.44. The van der Waals surface area contributed by atoms with Crippen molar-refractivity contribution in [2.45, 2.75) is 40.2 Å². The lowest BCUT2D eigenvalue weighted by atomic mass is 9.80. The van der Waals surface area contributed by atoms with Gasteiger partial charge in [-0.05, 0) is 38.7 Å². The van der Waals surface area contributed by atoms with E-state index in [1.807, 2.05) is 26.8 Å². The molecule has 1 aliphatic rings. The first-order valence-corrected chi connectivity index (χ1v) is 8.30. The molecule has 2 heterocycles. The quantitative estimate of drug-likeness (QED) is 0.895. The van der Waals surface area contributed by atoms with E-state index in [-0.39, 0.29) is 17.8 Å². The Morgan fingerprint density at radius 1 is 1.38 bits per heavy atom. The Kier molecular flexibility index (Phi) is 5.33. The third-order valence-electron chi connectivity index (χ3n) is 4.17. The number of rotatable bonds is 2. The van der Waals surface area contributed by atoms with E-state index < -0.39 is 11.7 Å². The molecule has 1 N–H and O–H groups in total. The molecule has 1 aromatic rings. The minimum absolute atomic E-state index is 0.0605. The van der Waals surface area contributed by atoms with Crippen LogP contribution in [0.15, 0.2) is 18.5 Å². The summed E-state index contributed by atoms with van der Waals surface area (Å²) in [6, 6.07) is 4.31. The standard InChI is InChI=1S/C18H26N4O2/c1-12-10-22(11-13(2)14(12)8-19)16-6-7-20-9-15(16)21-17(23)24-18(3,4)5/h6-7,9,12-14H,10-11H2,1-5H3,(H,21,23)/t12-,13+,14?. The van der Waals surface area contributed by atoms with Gasteiger partial charge in [-0.2, -0.15) is 5.26 Å². The minimum Gasteiger partial charge on any atom is -0.444 e. The number of aromatic nitrogens is 1. The van der Waals surface area contributed by atoms with E-state index >= 15 is 0 Å². The number of nitrogens with one attached hydrogen (secondary N) is 1. The molecule has 1 saturated heterocycles. The maximum absolute atomic E-state index is 12.1. The zero-order valence-electron chi connectivity index (χ0n) is 15.0. The van der Waals surface area contributed by atoms with Crippen molar-refractivity contribution in [3.05, 3.63) is 18.5 Å². The highest BCUT2D eigenvalue weighted by Gasteiger charge is 2.33. The van der Waals surface area contributed by atoms with Gasteiger partial charge in [0.25, 0.3) is 0 Å². The van der Waals surface area contributed by atoms with Gasteiger partial charge in [0, 0.05) is 19.3 Å². The number of hydrogen-bond acceptors (Lipinski definition) is 5. The third-order valence-corrected chi connectivity index (χ3v) is 4.17. The summed E-state index contributed by atoms with van der Waals surface area (Å²) in [5.41, 5.74) is 0.980. The molecular weight excluding hydrogens is 304 g/mol. The summed E-state index contributed by atoms with van der Waals surface area (Å²) >= 11 is 0. The summed E-state index contributed by atoms with van der Waals surface area (Å²) in [7, 11) is 0. The highest BCUT2D eigenvalue weighted by Crippen LogP contribution is 2.34. The number of anilines is 2. The van der Waals surface area contributed by atoms with Crippen molar-refractivity contribution in [2.24, 2.45) is 17.8 Å². The maximum atomic E-state index is 12.1. The second kappa shape index (κ2) is 7.08. The first-order valence-electron chi connectivity index (χ1n) is 8.30. The van der Waals surface area contributed by atoms with Crippen molar-refractivity contribution in [2.75, 3.05) is 23.3 Å². The van der Waals surface area contributed by atoms with Crippen molar-refractivity contribution >= 4 is 17.5 Å². The average molecular weight is 330 g/mol. The highest BCUT2D eigenvalue weighted by molar-refractivity contribution is 5.89. The summed E-state index contributed by atoms with van der Waals surface area (Å²) in [4.78, 5) is 18.4. The van der Waals surface area contributed by atoms with E-state index in [9.17, 15) is 10.1 Å². The molecule has 6 nitrogen and oxygen atoms in total. The summed E-state index contributed by atoms with van der Waals surface area (Å²) < 4.78 is 5.32. The molecule has 0 aliphatic carbocycles. The molecule has 1 aromatic heterocycles. The lowest BCUT2D eigenvalue weighted by Gasteiger charge is -2.40. The van der Waals surface area contributed by atoms with Crippen LogP contribution < -0.4 is 10.2 Å². The van der Waals surface area contributed by atoms with Crippen molar-refractivity contribution < 1.29 is 9.53 Å². The van der Waals surface area contributed by atoms with Gasteiger partial charge in [-0.25, -0.2) is 4.79 Å². The normalized spacial score (nSPS) is 24.2. The minimum atomic E-state index is -0.555. The Hall–Kier alpha value is -2.29. The van der Waals surface area contributed by atoms with Crippen LogP contribution in [0.25, 0.3) is 0 Å². The van der Waals surface area contributed by atoms with Crippen LogP contribution in [0.1, 0.15) is 34.6 Å². The van der Waals surface area contributed by atoms with E-state index in [0.29, 0.717) is 5.69 Å². The number of nitriles is 1. The number of carbonyl (C=O) groups is 1. The third kappa shape index (κ3) is 4.38. The van der Waals surface area contributed by atoms with Crippen molar-refractivity contribution in [1.82, 2.24) is 4.98 Å². The predicted molar refractivity (Wildman–Crippen MR) is 93.7 cm³/mol. The second-order valence-corrected chi connectivity index (χ2v) is 7.53. The SMILES string of the molecule is C[C@@H]1CN(c2ccncc2NC(=O)OC(C)(C)C)C[C@H](C)C1C#N. The van der Waals surface area contributed by atoms with Crippen LogP contribution >= 0.6 is 0 Å². The van der Waals surface area contributed by atoms with E-state index in [1.165, 1.54) is 0 Å². The van der Waals surface area contributed by atoms with E-state index in [2.05, 4.69) is 35.1 Å². The number of pyridine rings is 1. The van der Waals surface area contributed by atoms with Gasteiger partial charge in [-0.1, -0.05) is 13.8 Å². The molecule has 0 spiro atoms. The molecule has 0 aromatic carbocycles. The highest BCUT2D eigenvalue weighted by atomic mass is 16.6. The van der Waals surface area contributed by atoms with Crippen LogP contribution in [-0.2, 0) is 4.74 Å². The molecule has 1 fully saturated rings. The van der Waals surface area contributed by atoms with Crippen LogP contribution in [0.3, 0.4) is 0 Å². The van der Waals surface area contributed by atoms with Crippen molar-refractivity contribution in [3.63, 3.8) is 0 Å². The molecule has 1 amide bonds. The Morgan fingerprint density at radius 3 is 2.54 bits per heavy atom. The first-order chi connectivity index (χ1) is 11.2. The average Bonchev–Trinajstić information content (AvgIpc) is 2.45. The van der Waals surface area contributed by atoms with Gasteiger partial charge >= 0.3 is 6.09 Å². The van der Waals surface area contributed by atoms with Gasteiger partial charge in [0.2, 0.25) is 0 Å². The smallest absolute Gasteiger partial charge is 0.412 e. The van der Waals surface area contributed by atoms with E-state index in [4.69, 9.17) is 4.74 Å². The van der Waals surface area contributed by atoms with Crippen molar-refractivity contribution in [1.29, 1.82) is 5.26 Å². The van der Waals surface area contributed by atoms with Crippen LogP contribution in [-0.4, -0.2) is 29.8 Å². The van der Waals surface area contributed by atoms with Gasteiger partial charge < -0.3 is 9.64 Å². The first kappa shape index (κ1) is 18.1. The number of carbonyl (C=O) groups excluding carboxylic acids is 1. The molecular formula is C18H26N4O2. The molecule has 130 valence electrons.